The number of nitrogens with zero attached hydrogens (tertiary/aromatic N) is 1. The lowest BCUT2D eigenvalue weighted by Crippen LogP contribution is -2.47. The topological polar surface area (TPSA) is 61.4 Å². The van der Waals surface area contributed by atoms with Gasteiger partial charge in [-0.2, -0.15) is 0 Å². The van der Waals surface area contributed by atoms with Gasteiger partial charge in [0, 0.05) is 19.5 Å². The minimum atomic E-state index is -0.366. The highest BCUT2D eigenvalue weighted by Crippen LogP contribution is 2.05. The molecular weight excluding hydrogens is 170 g/mol. The molecule has 0 aromatic heterocycles. The van der Waals surface area contributed by atoms with Crippen LogP contribution in [0, 0.1) is 0 Å². The van der Waals surface area contributed by atoms with Gasteiger partial charge >= 0.3 is 6.03 Å². The van der Waals surface area contributed by atoms with Crippen LogP contribution in [0.15, 0.2) is 12.7 Å². The van der Waals surface area contributed by atoms with Gasteiger partial charge in [-0.25, -0.2) is 10.2 Å². The van der Waals surface area contributed by atoms with Crippen molar-refractivity contribution in [2.75, 3.05) is 13.1 Å². The Kier molecular flexibility index (Phi) is 3.31. The average molecular weight is 183 g/mol. The normalized spacial score (nSPS) is 15.7. The molecule has 1 saturated heterocycles. The number of carbonyl (C=O) groups is 2. The molecule has 1 rings (SSSR count). The molecular formula is C8H13N3O2. The first-order valence-electron chi connectivity index (χ1n) is 4.20. The minimum Gasteiger partial charge on any atom is -0.333 e. The second kappa shape index (κ2) is 4.49. The zero-order valence-electron chi connectivity index (χ0n) is 7.38. The molecule has 0 radical (unpaired) electrons. The van der Waals surface area contributed by atoms with Gasteiger partial charge < -0.3 is 5.32 Å². The fraction of sp³-hybridized carbons (Fsp3) is 0.500. The van der Waals surface area contributed by atoms with Gasteiger partial charge in [-0.15, -0.1) is 6.58 Å². The SMILES string of the molecule is C=CCNC(=O)NN1CCCC1=O. The summed E-state index contributed by atoms with van der Waals surface area (Å²) < 4.78 is 0. The van der Waals surface area contributed by atoms with Crippen LogP contribution in [0.2, 0.25) is 0 Å². The molecule has 0 aromatic rings. The van der Waals surface area contributed by atoms with Crippen LogP contribution in [0.5, 0.6) is 0 Å². The largest absolute Gasteiger partial charge is 0.333 e. The van der Waals surface area contributed by atoms with Crippen molar-refractivity contribution in [2.45, 2.75) is 12.8 Å². The second-order valence-corrected chi connectivity index (χ2v) is 2.76. The maximum absolute atomic E-state index is 11.0. The van der Waals surface area contributed by atoms with E-state index >= 15 is 0 Å². The Morgan fingerprint density at radius 3 is 3.00 bits per heavy atom. The Morgan fingerprint density at radius 1 is 1.69 bits per heavy atom. The highest BCUT2D eigenvalue weighted by molar-refractivity contribution is 5.82. The van der Waals surface area contributed by atoms with E-state index in [1.807, 2.05) is 0 Å². The van der Waals surface area contributed by atoms with Crippen molar-refractivity contribution in [2.24, 2.45) is 0 Å². The molecule has 0 unspecified atom stereocenters. The Hall–Kier alpha value is -1.52. The molecule has 5 nitrogen and oxygen atoms in total. The molecule has 5 heteroatoms. The molecule has 0 aliphatic carbocycles. The van der Waals surface area contributed by atoms with Gasteiger partial charge in [0.15, 0.2) is 0 Å². The van der Waals surface area contributed by atoms with Gasteiger partial charge in [0.2, 0.25) is 5.91 Å². The lowest BCUT2D eigenvalue weighted by molar-refractivity contribution is -0.129. The molecule has 0 bridgehead atoms. The first kappa shape index (κ1) is 9.57. The van der Waals surface area contributed by atoms with Crippen molar-refractivity contribution in [3.8, 4) is 0 Å². The molecule has 0 aromatic carbocycles. The highest BCUT2D eigenvalue weighted by Gasteiger charge is 2.21. The predicted octanol–water partition coefficient (Wildman–Crippen LogP) is 0.00900. The second-order valence-electron chi connectivity index (χ2n) is 2.76. The number of carbonyl (C=O) groups excluding carboxylic acids is 2. The van der Waals surface area contributed by atoms with Crippen LogP contribution < -0.4 is 10.7 Å². The van der Waals surface area contributed by atoms with Crippen LogP contribution in [0.3, 0.4) is 0 Å². The summed E-state index contributed by atoms with van der Waals surface area (Å²) in [5.41, 5.74) is 2.45. The first-order chi connectivity index (χ1) is 6.24. The minimum absolute atomic E-state index is 0.0336. The summed E-state index contributed by atoms with van der Waals surface area (Å²) >= 11 is 0. The van der Waals surface area contributed by atoms with Crippen molar-refractivity contribution in [1.82, 2.24) is 15.8 Å². The van der Waals surface area contributed by atoms with Crippen molar-refractivity contribution in [3.05, 3.63) is 12.7 Å². The fourth-order valence-corrected chi connectivity index (χ4v) is 1.09. The monoisotopic (exact) mass is 183 g/mol. The summed E-state index contributed by atoms with van der Waals surface area (Å²) in [5, 5.41) is 3.85. The Balaban J connectivity index is 2.26. The van der Waals surface area contributed by atoms with Crippen molar-refractivity contribution >= 4 is 11.9 Å². The van der Waals surface area contributed by atoms with Gasteiger partial charge in [0.05, 0.1) is 0 Å². The molecule has 0 spiro atoms. The standard InChI is InChI=1S/C8H13N3O2/c1-2-5-9-8(13)10-11-6-3-4-7(11)12/h2H,1,3-6H2,(H2,9,10,13). The van der Waals surface area contributed by atoms with Crippen LogP contribution in [-0.2, 0) is 4.79 Å². The van der Waals surface area contributed by atoms with Crippen molar-refractivity contribution < 1.29 is 9.59 Å². The smallest absolute Gasteiger partial charge is 0.333 e. The number of hydrogen-bond donors (Lipinski definition) is 2. The summed E-state index contributed by atoms with van der Waals surface area (Å²) in [6.07, 6.45) is 2.90. The number of nitrogens with one attached hydrogen (secondary N) is 2. The molecule has 1 aliphatic rings. The predicted molar refractivity (Wildman–Crippen MR) is 47.7 cm³/mol. The summed E-state index contributed by atoms with van der Waals surface area (Å²) in [5.74, 6) is -0.0336. The number of urea groups is 1. The summed E-state index contributed by atoms with van der Waals surface area (Å²) in [6, 6.07) is -0.366. The van der Waals surface area contributed by atoms with Crippen LogP contribution in [0.1, 0.15) is 12.8 Å². The van der Waals surface area contributed by atoms with Crippen LogP contribution >= 0.6 is 0 Å². The quantitative estimate of drug-likeness (QED) is 0.605. The lowest BCUT2D eigenvalue weighted by atomic mass is 10.4. The maximum Gasteiger partial charge on any atom is 0.333 e. The Bertz CT molecular complexity index is 227. The van der Waals surface area contributed by atoms with E-state index in [0.29, 0.717) is 19.5 Å². The third kappa shape index (κ3) is 2.77. The van der Waals surface area contributed by atoms with Gasteiger partial charge in [-0.1, -0.05) is 6.08 Å². The summed E-state index contributed by atoms with van der Waals surface area (Å²) in [4.78, 5) is 22.1. The number of hydrogen-bond acceptors (Lipinski definition) is 2. The van der Waals surface area contributed by atoms with Crippen LogP contribution in [-0.4, -0.2) is 30.0 Å². The third-order valence-electron chi connectivity index (χ3n) is 1.72. The van der Waals surface area contributed by atoms with Gasteiger partial charge in [-0.3, -0.25) is 9.80 Å². The van der Waals surface area contributed by atoms with E-state index in [0.717, 1.165) is 6.42 Å². The van der Waals surface area contributed by atoms with E-state index in [-0.39, 0.29) is 11.9 Å². The van der Waals surface area contributed by atoms with E-state index in [9.17, 15) is 9.59 Å². The maximum atomic E-state index is 11.0. The van der Waals surface area contributed by atoms with Crippen LogP contribution in [0.4, 0.5) is 4.79 Å². The van der Waals surface area contributed by atoms with E-state index in [4.69, 9.17) is 0 Å². The molecule has 1 aliphatic heterocycles. The number of amides is 3. The third-order valence-corrected chi connectivity index (χ3v) is 1.72. The highest BCUT2D eigenvalue weighted by atomic mass is 16.2. The van der Waals surface area contributed by atoms with Gasteiger partial charge in [0.25, 0.3) is 0 Å². The first-order valence-corrected chi connectivity index (χ1v) is 4.20. The zero-order chi connectivity index (χ0) is 9.68. The van der Waals surface area contributed by atoms with Crippen molar-refractivity contribution in [1.29, 1.82) is 0 Å². The zero-order valence-corrected chi connectivity index (χ0v) is 7.38. The Morgan fingerprint density at radius 2 is 2.46 bits per heavy atom. The van der Waals surface area contributed by atoms with E-state index in [1.165, 1.54) is 5.01 Å². The van der Waals surface area contributed by atoms with Crippen molar-refractivity contribution in [3.63, 3.8) is 0 Å². The van der Waals surface area contributed by atoms with Crippen LogP contribution in [0.25, 0.3) is 0 Å². The molecule has 3 amide bonds. The van der Waals surface area contributed by atoms with Gasteiger partial charge in [-0.05, 0) is 6.42 Å². The Labute approximate surface area is 76.8 Å². The molecule has 0 saturated carbocycles. The molecule has 13 heavy (non-hydrogen) atoms. The van der Waals surface area contributed by atoms with Gasteiger partial charge in [0.1, 0.15) is 0 Å². The molecule has 72 valence electrons. The van der Waals surface area contributed by atoms with E-state index < -0.39 is 0 Å². The summed E-state index contributed by atoms with van der Waals surface area (Å²) in [7, 11) is 0. The summed E-state index contributed by atoms with van der Waals surface area (Å²) in [6.45, 7) is 4.45. The molecule has 0 atom stereocenters. The molecule has 1 fully saturated rings. The number of hydrazine groups is 1. The fourth-order valence-electron chi connectivity index (χ4n) is 1.09. The van der Waals surface area contributed by atoms with E-state index in [2.05, 4.69) is 17.3 Å². The average Bonchev–Trinajstić information content (AvgIpc) is 2.48. The molecule has 2 N–H and O–H groups in total. The lowest BCUT2D eigenvalue weighted by Gasteiger charge is -2.16. The van der Waals surface area contributed by atoms with E-state index in [1.54, 1.807) is 6.08 Å². The number of rotatable bonds is 3. The molecule has 1 heterocycles.